The van der Waals surface area contributed by atoms with Gasteiger partial charge in [-0.2, -0.15) is 26.3 Å². The van der Waals surface area contributed by atoms with Crippen molar-refractivity contribution in [2.75, 3.05) is 0 Å². The number of rotatable bonds is 3. The van der Waals surface area contributed by atoms with Gasteiger partial charge in [0.05, 0.1) is 0 Å². The first kappa shape index (κ1) is 19.5. The lowest BCUT2D eigenvalue weighted by Gasteiger charge is -2.48. The van der Waals surface area contributed by atoms with Crippen molar-refractivity contribution in [3.63, 3.8) is 0 Å². The molecular formula is C16H10F6O4. The zero-order chi connectivity index (χ0) is 20.0. The Hall–Kier alpha value is -2.78. The Kier molecular flexibility index (Phi) is 4.43. The van der Waals surface area contributed by atoms with Gasteiger partial charge in [0, 0.05) is 0 Å². The maximum atomic E-state index is 13.9. The molecule has 4 nitrogen and oxygen atoms in total. The van der Waals surface area contributed by atoms with E-state index in [0.29, 0.717) is 12.2 Å². The summed E-state index contributed by atoms with van der Waals surface area (Å²) in [6, 6.07) is 5.44. The van der Waals surface area contributed by atoms with Crippen molar-refractivity contribution in [2.24, 2.45) is 10.8 Å². The summed E-state index contributed by atoms with van der Waals surface area (Å²) in [6.07, 6.45) is -11.7. The fourth-order valence-electron chi connectivity index (χ4n) is 3.15. The van der Waals surface area contributed by atoms with Gasteiger partial charge in [0.25, 0.3) is 0 Å². The Morgan fingerprint density at radius 3 is 1.69 bits per heavy atom. The highest BCUT2D eigenvalue weighted by atomic mass is 19.4. The smallest absolute Gasteiger partial charge is 0.409 e. The number of aliphatic carboxylic acids is 2. The molecule has 0 saturated heterocycles. The van der Waals surface area contributed by atoms with Gasteiger partial charge in [-0.05, 0) is 11.1 Å². The summed E-state index contributed by atoms with van der Waals surface area (Å²) in [6.45, 7) is 0. The van der Waals surface area contributed by atoms with Crippen molar-refractivity contribution in [1.82, 2.24) is 0 Å². The first-order chi connectivity index (χ1) is 11.8. The highest BCUT2D eigenvalue weighted by Crippen LogP contribution is 2.68. The van der Waals surface area contributed by atoms with E-state index in [-0.39, 0.29) is 6.08 Å². The Morgan fingerprint density at radius 2 is 1.31 bits per heavy atom. The Bertz CT molecular complexity index is 761. The van der Waals surface area contributed by atoms with Crippen LogP contribution in [0.2, 0.25) is 0 Å². The van der Waals surface area contributed by atoms with Crippen molar-refractivity contribution >= 4 is 17.5 Å². The van der Waals surface area contributed by atoms with Crippen LogP contribution in [-0.2, 0) is 9.59 Å². The van der Waals surface area contributed by atoms with Crippen LogP contribution in [0.4, 0.5) is 26.3 Å². The molecule has 0 fully saturated rings. The van der Waals surface area contributed by atoms with Gasteiger partial charge < -0.3 is 10.2 Å². The number of hydrogen-bond donors (Lipinski definition) is 2. The van der Waals surface area contributed by atoms with Crippen LogP contribution in [0, 0.1) is 10.8 Å². The number of allylic oxidation sites excluding steroid dienone is 3. The quantitative estimate of drug-likeness (QED) is 0.616. The van der Waals surface area contributed by atoms with E-state index in [1.54, 1.807) is 0 Å². The third kappa shape index (κ3) is 2.31. The Morgan fingerprint density at radius 1 is 0.846 bits per heavy atom. The minimum atomic E-state index is -6.28. The number of alkyl halides is 6. The second-order valence-corrected chi connectivity index (χ2v) is 5.47. The number of carboxylic acid groups (broad SMARTS) is 2. The lowest BCUT2D eigenvalue weighted by Crippen LogP contribution is -2.67. The minimum Gasteiger partial charge on any atom is -0.480 e. The molecule has 0 heterocycles. The van der Waals surface area contributed by atoms with E-state index in [1.807, 2.05) is 0 Å². The number of benzene rings is 1. The average molecular weight is 380 g/mol. The van der Waals surface area contributed by atoms with Gasteiger partial charge in [0.2, 0.25) is 10.8 Å². The molecule has 1 aromatic rings. The largest absolute Gasteiger partial charge is 0.480 e. The maximum Gasteiger partial charge on any atom is 0.409 e. The number of carboxylic acids is 2. The van der Waals surface area contributed by atoms with Crippen LogP contribution in [0.5, 0.6) is 0 Å². The molecule has 1 aliphatic carbocycles. The van der Waals surface area contributed by atoms with Crippen LogP contribution in [0.25, 0.3) is 5.57 Å². The number of carbonyl (C=O) groups is 2. The molecule has 10 heteroatoms. The summed E-state index contributed by atoms with van der Waals surface area (Å²) in [4.78, 5) is 23.1. The molecule has 0 atom stereocenters. The van der Waals surface area contributed by atoms with E-state index in [9.17, 15) is 46.1 Å². The SMILES string of the molecule is O=C(O)C1(C(=O)O)C=CC=C(c2ccccc2)C1(C(F)(F)F)C(F)(F)F. The molecule has 2 rings (SSSR count). The van der Waals surface area contributed by atoms with Crippen LogP contribution >= 0.6 is 0 Å². The molecule has 0 aliphatic heterocycles. The van der Waals surface area contributed by atoms with E-state index in [0.717, 1.165) is 24.3 Å². The monoisotopic (exact) mass is 380 g/mol. The Balaban J connectivity index is 3.08. The summed E-state index contributed by atoms with van der Waals surface area (Å²) in [5.74, 6) is -5.56. The predicted molar refractivity (Wildman–Crippen MR) is 75.8 cm³/mol. The van der Waals surface area contributed by atoms with Crippen molar-refractivity contribution in [2.45, 2.75) is 12.4 Å². The zero-order valence-electron chi connectivity index (χ0n) is 12.6. The molecule has 1 aliphatic rings. The van der Waals surface area contributed by atoms with E-state index in [4.69, 9.17) is 0 Å². The van der Waals surface area contributed by atoms with Gasteiger partial charge in [-0.3, -0.25) is 9.59 Å². The molecule has 0 amide bonds. The lowest BCUT2D eigenvalue weighted by molar-refractivity contribution is -0.340. The standard InChI is InChI=1S/C16H10F6O4/c17-15(18,19)14(16(20,21)22)10(9-5-2-1-3-6-9)7-4-8-13(14,11(23)24)12(25)26/h1-8H,(H,23,24)(H,25,26). The summed E-state index contributed by atoms with van der Waals surface area (Å²) in [7, 11) is 0. The van der Waals surface area contributed by atoms with Gasteiger partial charge in [-0.15, -0.1) is 0 Å². The van der Waals surface area contributed by atoms with Crippen LogP contribution in [0.1, 0.15) is 5.56 Å². The predicted octanol–water partition coefficient (Wildman–Crippen LogP) is 3.91. The minimum absolute atomic E-state index is 0.0922. The highest BCUT2D eigenvalue weighted by Gasteiger charge is 2.85. The van der Waals surface area contributed by atoms with E-state index < -0.39 is 46.3 Å². The molecular weight excluding hydrogens is 370 g/mol. The average Bonchev–Trinajstić information content (AvgIpc) is 2.51. The van der Waals surface area contributed by atoms with E-state index >= 15 is 0 Å². The van der Waals surface area contributed by atoms with Crippen LogP contribution in [0.15, 0.2) is 48.6 Å². The highest BCUT2D eigenvalue weighted by molar-refractivity contribution is 6.06. The number of hydrogen-bond acceptors (Lipinski definition) is 2. The topological polar surface area (TPSA) is 74.6 Å². The van der Waals surface area contributed by atoms with Gasteiger partial charge in [-0.1, -0.05) is 48.6 Å². The molecule has 1 aromatic carbocycles. The maximum absolute atomic E-state index is 13.9. The molecule has 0 saturated carbocycles. The molecule has 0 unspecified atom stereocenters. The molecule has 2 N–H and O–H groups in total. The van der Waals surface area contributed by atoms with Crippen molar-refractivity contribution in [3.8, 4) is 0 Å². The third-order valence-corrected chi connectivity index (χ3v) is 4.21. The van der Waals surface area contributed by atoms with Crippen LogP contribution < -0.4 is 0 Å². The number of halogens is 6. The van der Waals surface area contributed by atoms with Crippen LogP contribution in [-0.4, -0.2) is 34.5 Å². The summed E-state index contributed by atoms with van der Waals surface area (Å²) < 4.78 is 83.5. The Labute approximate surface area is 142 Å². The first-order valence-corrected chi connectivity index (χ1v) is 6.89. The molecule has 140 valence electrons. The van der Waals surface area contributed by atoms with Crippen molar-refractivity contribution in [3.05, 3.63) is 54.1 Å². The normalized spacial score (nSPS) is 18.9. The van der Waals surface area contributed by atoms with Crippen LogP contribution in [0.3, 0.4) is 0 Å². The third-order valence-electron chi connectivity index (χ3n) is 4.21. The molecule has 0 radical (unpaired) electrons. The van der Waals surface area contributed by atoms with Gasteiger partial charge >= 0.3 is 24.3 Å². The van der Waals surface area contributed by atoms with Crippen molar-refractivity contribution in [1.29, 1.82) is 0 Å². The summed E-state index contributed by atoms with van der Waals surface area (Å²) in [5, 5.41) is 18.5. The molecule has 0 bridgehead atoms. The molecule has 26 heavy (non-hydrogen) atoms. The summed E-state index contributed by atoms with van der Waals surface area (Å²) >= 11 is 0. The lowest BCUT2D eigenvalue weighted by atomic mass is 9.55. The molecule has 0 spiro atoms. The second kappa shape index (κ2) is 5.89. The van der Waals surface area contributed by atoms with Gasteiger partial charge in [0.15, 0.2) is 0 Å². The first-order valence-electron chi connectivity index (χ1n) is 6.89. The summed E-state index contributed by atoms with van der Waals surface area (Å²) in [5.41, 5.74) is -11.6. The second-order valence-electron chi connectivity index (χ2n) is 5.47. The fraction of sp³-hybridized carbons (Fsp3) is 0.250. The molecule has 0 aromatic heterocycles. The fourth-order valence-corrected chi connectivity index (χ4v) is 3.15. The van der Waals surface area contributed by atoms with Crippen molar-refractivity contribution < 1.29 is 46.1 Å². The van der Waals surface area contributed by atoms with E-state index in [2.05, 4.69) is 0 Å². The zero-order valence-corrected chi connectivity index (χ0v) is 12.6. The van der Waals surface area contributed by atoms with Gasteiger partial charge in [-0.25, -0.2) is 0 Å². The van der Waals surface area contributed by atoms with E-state index in [1.165, 1.54) is 6.07 Å². The van der Waals surface area contributed by atoms with Gasteiger partial charge in [0.1, 0.15) is 0 Å².